The number of nitrogens with zero attached hydrogens (tertiary/aromatic N) is 3. The van der Waals surface area contributed by atoms with Crippen LogP contribution in [-0.2, 0) is 29.7 Å². The van der Waals surface area contributed by atoms with E-state index in [2.05, 4.69) is 37.8 Å². The van der Waals surface area contributed by atoms with E-state index in [1.165, 1.54) is 5.56 Å². The molecule has 49 heavy (non-hydrogen) atoms. The van der Waals surface area contributed by atoms with Crippen LogP contribution < -0.4 is 20.7 Å². The Morgan fingerprint density at radius 2 is 1.80 bits per heavy atom. The standard InChI is InChI=1S/C38H40Cl2N6O3/c1-46-22-25(19-42-21-27-5-4-16-49-27)28-11-12-32(45-38(28)46)31-7-3-6-29(35(31)39)30-14-15-43-37(36(30)40)23-8-9-24(33(17-23)48-2)18-41-20-26-10-13-34(47)44-26/h3,6-9,11-12,14-15,17,22,26-27,41-42H,4-5,10,13,16,18-21H2,1-2H3,(H,44,47)/t26-,27+/m0/s1. The molecule has 0 aliphatic carbocycles. The van der Waals surface area contributed by atoms with E-state index in [9.17, 15) is 4.79 Å². The lowest BCUT2D eigenvalue weighted by atomic mass is 9.99. The van der Waals surface area contributed by atoms with E-state index < -0.39 is 0 Å². The molecule has 0 unspecified atom stereocenters. The van der Waals surface area contributed by atoms with Crippen molar-refractivity contribution < 1.29 is 14.3 Å². The van der Waals surface area contributed by atoms with E-state index >= 15 is 0 Å². The molecule has 2 aliphatic heterocycles. The predicted octanol–water partition coefficient (Wildman–Crippen LogP) is 6.92. The maximum Gasteiger partial charge on any atom is 0.220 e. The fraction of sp³-hybridized carbons (Fsp3) is 0.342. The lowest BCUT2D eigenvalue weighted by Gasteiger charge is -2.16. The van der Waals surface area contributed by atoms with E-state index in [1.54, 1.807) is 13.3 Å². The summed E-state index contributed by atoms with van der Waals surface area (Å²) in [5, 5.41) is 12.2. The summed E-state index contributed by atoms with van der Waals surface area (Å²) in [6.07, 6.45) is 7.87. The van der Waals surface area contributed by atoms with Gasteiger partial charge in [0.2, 0.25) is 5.91 Å². The van der Waals surface area contributed by atoms with Crippen molar-refractivity contribution in [3.63, 3.8) is 0 Å². The van der Waals surface area contributed by atoms with E-state index in [0.29, 0.717) is 41.4 Å². The van der Waals surface area contributed by atoms with Crippen LogP contribution in [0.25, 0.3) is 44.7 Å². The molecule has 2 saturated heterocycles. The Hall–Kier alpha value is -3.99. The zero-order valence-corrected chi connectivity index (χ0v) is 29.2. The summed E-state index contributed by atoms with van der Waals surface area (Å²) in [6.45, 7) is 3.77. The van der Waals surface area contributed by atoms with Crippen molar-refractivity contribution >= 4 is 40.1 Å². The van der Waals surface area contributed by atoms with Gasteiger partial charge in [0.1, 0.15) is 11.4 Å². The molecule has 2 fully saturated rings. The molecule has 9 nitrogen and oxygen atoms in total. The summed E-state index contributed by atoms with van der Waals surface area (Å²) in [5.74, 6) is 0.842. The average molecular weight is 700 g/mol. The molecule has 0 saturated carbocycles. The van der Waals surface area contributed by atoms with Gasteiger partial charge in [-0.2, -0.15) is 0 Å². The van der Waals surface area contributed by atoms with Crippen molar-refractivity contribution in [2.75, 3.05) is 26.8 Å². The van der Waals surface area contributed by atoms with Gasteiger partial charge < -0.3 is 30.0 Å². The quantitative estimate of drug-likeness (QED) is 0.130. The molecular weight excluding hydrogens is 659 g/mol. The van der Waals surface area contributed by atoms with E-state index in [0.717, 1.165) is 89.3 Å². The number of pyridine rings is 2. The van der Waals surface area contributed by atoms with Gasteiger partial charge >= 0.3 is 0 Å². The van der Waals surface area contributed by atoms with Gasteiger partial charge in [-0.1, -0.05) is 53.5 Å². The molecule has 2 aromatic carbocycles. The smallest absolute Gasteiger partial charge is 0.220 e. The fourth-order valence-corrected chi connectivity index (χ4v) is 7.48. The highest BCUT2D eigenvalue weighted by Gasteiger charge is 2.21. The van der Waals surface area contributed by atoms with Crippen molar-refractivity contribution in [1.29, 1.82) is 0 Å². The molecule has 7 rings (SSSR count). The van der Waals surface area contributed by atoms with E-state index in [-0.39, 0.29) is 11.9 Å². The fourth-order valence-electron chi connectivity index (χ4n) is 6.84. The molecule has 5 heterocycles. The summed E-state index contributed by atoms with van der Waals surface area (Å²) in [4.78, 5) is 21.2. The monoisotopic (exact) mass is 698 g/mol. The summed E-state index contributed by atoms with van der Waals surface area (Å²) >= 11 is 14.2. The first-order valence-corrected chi connectivity index (χ1v) is 17.5. The van der Waals surface area contributed by atoms with Crippen LogP contribution >= 0.6 is 23.2 Å². The van der Waals surface area contributed by atoms with Gasteiger partial charge in [0.25, 0.3) is 0 Å². The van der Waals surface area contributed by atoms with E-state index in [1.807, 2.05) is 55.6 Å². The first kappa shape index (κ1) is 33.5. The van der Waals surface area contributed by atoms with Gasteiger partial charge in [0, 0.05) is 97.9 Å². The number of hydrogen-bond donors (Lipinski definition) is 3. The third-order valence-corrected chi connectivity index (χ3v) is 10.2. The van der Waals surface area contributed by atoms with Crippen LogP contribution in [0.15, 0.2) is 67.0 Å². The van der Waals surface area contributed by atoms with Crippen molar-refractivity contribution in [2.24, 2.45) is 7.05 Å². The minimum Gasteiger partial charge on any atom is -0.496 e. The maximum atomic E-state index is 11.5. The normalized spacial score (nSPS) is 17.6. The van der Waals surface area contributed by atoms with Crippen LogP contribution in [-0.4, -0.2) is 59.4 Å². The second kappa shape index (κ2) is 14.9. The van der Waals surface area contributed by atoms with Gasteiger partial charge in [-0.3, -0.25) is 9.78 Å². The highest BCUT2D eigenvalue weighted by molar-refractivity contribution is 6.39. The van der Waals surface area contributed by atoms with Crippen LogP contribution in [0.1, 0.15) is 36.8 Å². The number of ether oxygens (including phenoxy) is 2. The lowest BCUT2D eigenvalue weighted by Crippen LogP contribution is -2.35. The SMILES string of the molecule is COc1cc(-c2nccc(-c3cccc(-c4ccc5c(CNC[C@H]6CCCO6)cn(C)c5n4)c3Cl)c2Cl)ccc1CNC[C@@H]1CCC(=O)N1. The minimum atomic E-state index is 0.113. The van der Waals surface area contributed by atoms with Crippen molar-refractivity contribution in [3.8, 4) is 39.4 Å². The van der Waals surface area contributed by atoms with Crippen LogP contribution in [0, 0.1) is 0 Å². The van der Waals surface area contributed by atoms with Gasteiger partial charge in [-0.05, 0) is 49.1 Å². The second-order valence-corrected chi connectivity index (χ2v) is 13.5. The number of carbonyl (C=O) groups is 1. The Balaban J connectivity index is 1.12. The molecule has 5 aromatic rings. The van der Waals surface area contributed by atoms with Crippen LogP contribution in [0.4, 0.5) is 0 Å². The third kappa shape index (κ3) is 7.18. The van der Waals surface area contributed by atoms with Crippen molar-refractivity contribution in [2.45, 2.75) is 50.9 Å². The largest absolute Gasteiger partial charge is 0.496 e. The molecule has 0 spiro atoms. The highest BCUT2D eigenvalue weighted by Crippen LogP contribution is 2.42. The number of hydrogen-bond acceptors (Lipinski definition) is 7. The Labute approximate surface area is 296 Å². The molecule has 3 aromatic heterocycles. The molecule has 1 amide bonds. The minimum absolute atomic E-state index is 0.113. The number of fused-ring (bicyclic) bond motifs is 1. The van der Waals surface area contributed by atoms with Crippen LogP contribution in [0.5, 0.6) is 5.75 Å². The summed E-state index contributed by atoms with van der Waals surface area (Å²) in [5.41, 5.74) is 7.76. The lowest BCUT2D eigenvalue weighted by molar-refractivity contribution is -0.119. The molecule has 3 N–H and O–H groups in total. The molecular formula is C38H40Cl2N6O3. The summed E-state index contributed by atoms with van der Waals surface area (Å²) in [7, 11) is 3.68. The highest BCUT2D eigenvalue weighted by atomic mass is 35.5. The Bertz CT molecular complexity index is 1990. The summed E-state index contributed by atoms with van der Waals surface area (Å²) in [6, 6.07) is 18.1. The number of aryl methyl sites for hydroxylation is 1. The van der Waals surface area contributed by atoms with Crippen molar-refractivity contribution in [1.82, 2.24) is 30.5 Å². The molecule has 2 aliphatic rings. The topological polar surface area (TPSA) is 102 Å². The number of halogens is 2. The number of nitrogens with one attached hydrogen (secondary N) is 3. The third-order valence-electron chi connectivity index (χ3n) is 9.42. The predicted molar refractivity (Wildman–Crippen MR) is 195 cm³/mol. The zero-order valence-electron chi connectivity index (χ0n) is 27.7. The summed E-state index contributed by atoms with van der Waals surface area (Å²) < 4.78 is 13.6. The average Bonchev–Trinajstić information content (AvgIpc) is 3.86. The number of rotatable bonds is 12. The Morgan fingerprint density at radius 1 is 0.980 bits per heavy atom. The molecule has 2 atom stereocenters. The van der Waals surface area contributed by atoms with E-state index in [4.69, 9.17) is 37.7 Å². The number of aromatic nitrogens is 3. The van der Waals surface area contributed by atoms with Crippen LogP contribution in [0.2, 0.25) is 10.0 Å². The number of amides is 1. The molecule has 0 radical (unpaired) electrons. The van der Waals surface area contributed by atoms with Gasteiger partial charge in [0.05, 0.1) is 34.6 Å². The first-order chi connectivity index (χ1) is 23.9. The molecule has 11 heteroatoms. The van der Waals surface area contributed by atoms with Gasteiger partial charge in [-0.15, -0.1) is 0 Å². The molecule has 0 bridgehead atoms. The maximum absolute atomic E-state index is 11.5. The van der Waals surface area contributed by atoms with Gasteiger partial charge in [0.15, 0.2) is 0 Å². The Morgan fingerprint density at radius 3 is 2.59 bits per heavy atom. The van der Waals surface area contributed by atoms with Crippen LogP contribution in [0.3, 0.4) is 0 Å². The number of benzene rings is 2. The van der Waals surface area contributed by atoms with Crippen molar-refractivity contribution in [3.05, 3.63) is 88.2 Å². The Kier molecular flexibility index (Phi) is 10.2. The number of carbonyl (C=O) groups excluding carboxylic acids is 1. The van der Waals surface area contributed by atoms with Gasteiger partial charge in [-0.25, -0.2) is 4.98 Å². The zero-order chi connectivity index (χ0) is 33.9. The molecule has 254 valence electrons. The number of methoxy groups -OCH3 is 1. The second-order valence-electron chi connectivity index (χ2n) is 12.7. The first-order valence-electron chi connectivity index (χ1n) is 16.8.